The first kappa shape index (κ1) is 10.3. The topological polar surface area (TPSA) is 39.2 Å². The Morgan fingerprint density at radius 1 is 0.824 bits per heavy atom. The lowest BCUT2D eigenvalue weighted by atomic mass is 10.5. The summed E-state index contributed by atoms with van der Waals surface area (Å²) < 4.78 is 11.0. The van der Waals surface area contributed by atoms with Gasteiger partial charge in [-0.05, 0) is 36.4 Å². The second kappa shape index (κ2) is 4.56. The monoisotopic (exact) mass is 243 g/mol. The lowest BCUT2D eigenvalue weighted by molar-refractivity contribution is 0.593. The zero-order chi connectivity index (χ0) is 11.5. The van der Waals surface area contributed by atoms with E-state index in [1.165, 1.54) is 0 Å². The van der Waals surface area contributed by atoms with Gasteiger partial charge in [-0.3, -0.25) is 4.98 Å². The zero-order valence-corrected chi connectivity index (χ0v) is 9.88. The average molecular weight is 243 g/mol. The lowest BCUT2D eigenvalue weighted by Crippen LogP contribution is -2.20. The number of hydrogen-bond acceptors (Lipinski definition) is 3. The predicted octanol–water partition coefficient (Wildman–Crippen LogP) is 2.03. The Hall–Kier alpha value is -1.86. The van der Waals surface area contributed by atoms with Gasteiger partial charge >= 0.3 is 0 Å². The second-order valence-electron chi connectivity index (χ2n) is 3.43. The summed E-state index contributed by atoms with van der Waals surface area (Å²) in [5, 5.41) is 0. The van der Waals surface area contributed by atoms with Crippen molar-refractivity contribution in [2.24, 2.45) is 0 Å². The minimum absolute atomic E-state index is 0.816. The van der Waals surface area contributed by atoms with Crippen LogP contribution in [0.2, 0.25) is 0 Å². The number of aromatic nitrogens is 1. The minimum atomic E-state index is -0.816. The maximum absolute atomic E-state index is 5.50. The van der Waals surface area contributed by atoms with E-state index in [0.717, 1.165) is 16.4 Å². The smallest absolute Gasteiger partial charge is 0.139 e. The van der Waals surface area contributed by atoms with E-state index >= 15 is 0 Å². The first-order valence-corrected chi connectivity index (χ1v) is 6.57. The molecule has 17 heavy (non-hydrogen) atoms. The standard InChI is InChI=1S/C13H10NO2P/c1-2-8-14-11(5-1)17(12-6-3-9-15-12)13-7-4-10-16-13/h1-10H. The number of hydrogen-bond donors (Lipinski definition) is 0. The molecule has 84 valence electrons. The molecule has 0 radical (unpaired) electrons. The van der Waals surface area contributed by atoms with Crippen molar-refractivity contribution in [3.05, 3.63) is 61.2 Å². The highest BCUT2D eigenvalue weighted by atomic mass is 31.1. The molecule has 0 saturated carbocycles. The van der Waals surface area contributed by atoms with Gasteiger partial charge < -0.3 is 8.83 Å². The fourth-order valence-electron chi connectivity index (χ4n) is 1.61. The van der Waals surface area contributed by atoms with Crippen LogP contribution in [0.4, 0.5) is 0 Å². The molecule has 0 unspecified atom stereocenters. The van der Waals surface area contributed by atoms with Crippen molar-refractivity contribution in [1.82, 2.24) is 4.98 Å². The van der Waals surface area contributed by atoms with Gasteiger partial charge in [0.1, 0.15) is 11.0 Å². The number of nitrogens with zero attached hydrogens (tertiary/aromatic N) is 1. The maximum Gasteiger partial charge on any atom is 0.139 e. The summed E-state index contributed by atoms with van der Waals surface area (Å²) in [6, 6.07) is 13.6. The Morgan fingerprint density at radius 3 is 2.00 bits per heavy atom. The van der Waals surface area contributed by atoms with E-state index in [4.69, 9.17) is 8.83 Å². The van der Waals surface area contributed by atoms with E-state index in [1.54, 1.807) is 18.7 Å². The van der Waals surface area contributed by atoms with Crippen LogP contribution in [0, 0.1) is 0 Å². The van der Waals surface area contributed by atoms with Crippen molar-refractivity contribution in [2.75, 3.05) is 0 Å². The van der Waals surface area contributed by atoms with E-state index in [9.17, 15) is 0 Å². The Bertz CT molecular complexity index is 527. The third kappa shape index (κ3) is 2.02. The van der Waals surface area contributed by atoms with Crippen molar-refractivity contribution in [3.63, 3.8) is 0 Å². The average Bonchev–Trinajstić information content (AvgIpc) is 3.04. The van der Waals surface area contributed by atoms with Crippen molar-refractivity contribution < 1.29 is 8.83 Å². The van der Waals surface area contributed by atoms with Crippen LogP contribution in [0.25, 0.3) is 0 Å². The van der Waals surface area contributed by atoms with Gasteiger partial charge in [-0.1, -0.05) is 6.07 Å². The van der Waals surface area contributed by atoms with Gasteiger partial charge in [0.15, 0.2) is 0 Å². The summed E-state index contributed by atoms with van der Waals surface area (Å²) in [6.45, 7) is 0. The molecule has 0 atom stereocenters. The summed E-state index contributed by atoms with van der Waals surface area (Å²) in [4.78, 5) is 4.40. The molecule has 0 fully saturated rings. The van der Waals surface area contributed by atoms with Crippen LogP contribution in [-0.2, 0) is 0 Å². The van der Waals surface area contributed by atoms with Gasteiger partial charge in [0.25, 0.3) is 0 Å². The highest BCUT2D eigenvalue weighted by molar-refractivity contribution is 7.78. The quantitative estimate of drug-likeness (QED) is 0.661. The molecule has 0 aliphatic rings. The van der Waals surface area contributed by atoms with E-state index in [-0.39, 0.29) is 0 Å². The molecule has 0 amide bonds. The van der Waals surface area contributed by atoms with Crippen molar-refractivity contribution >= 4 is 24.4 Å². The van der Waals surface area contributed by atoms with Crippen LogP contribution in [0.1, 0.15) is 0 Å². The molecule has 3 rings (SSSR count). The molecular weight excluding hydrogens is 233 g/mol. The Morgan fingerprint density at radius 2 is 1.53 bits per heavy atom. The molecule has 0 aromatic carbocycles. The normalized spacial score (nSPS) is 10.9. The number of pyridine rings is 1. The molecular formula is C13H10NO2P. The molecule has 4 heteroatoms. The summed E-state index contributed by atoms with van der Waals surface area (Å²) in [5.41, 5.74) is 2.77. The summed E-state index contributed by atoms with van der Waals surface area (Å²) in [5.74, 6) is 0. The molecule has 3 aromatic heterocycles. The Balaban J connectivity index is 2.10. The summed E-state index contributed by atoms with van der Waals surface area (Å²) >= 11 is 0. The van der Waals surface area contributed by atoms with E-state index in [0.29, 0.717) is 0 Å². The van der Waals surface area contributed by atoms with Crippen molar-refractivity contribution in [2.45, 2.75) is 0 Å². The number of rotatable bonds is 3. The van der Waals surface area contributed by atoms with Crippen LogP contribution in [-0.4, -0.2) is 4.98 Å². The van der Waals surface area contributed by atoms with E-state index in [2.05, 4.69) is 4.98 Å². The minimum Gasteiger partial charge on any atom is -0.464 e. The Kier molecular flexibility index (Phi) is 2.76. The van der Waals surface area contributed by atoms with Crippen molar-refractivity contribution in [1.29, 1.82) is 0 Å². The van der Waals surface area contributed by atoms with Crippen LogP contribution < -0.4 is 16.4 Å². The SMILES string of the molecule is c1ccc(P(c2ccco2)c2ccco2)nc1. The fourth-order valence-corrected chi connectivity index (χ4v) is 3.50. The molecule has 0 bridgehead atoms. The molecule has 0 spiro atoms. The molecule has 0 aliphatic carbocycles. The summed E-state index contributed by atoms with van der Waals surface area (Å²) in [7, 11) is -0.816. The van der Waals surface area contributed by atoms with Crippen LogP contribution in [0.3, 0.4) is 0 Å². The maximum atomic E-state index is 5.50. The number of furan rings is 2. The van der Waals surface area contributed by atoms with E-state index in [1.807, 2.05) is 42.5 Å². The molecule has 0 aliphatic heterocycles. The molecule has 0 N–H and O–H groups in total. The van der Waals surface area contributed by atoms with Gasteiger partial charge in [0.05, 0.1) is 25.9 Å². The van der Waals surface area contributed by atoms with Crippen LogP contribution in [0.5, 0.6) is 0 Å². The highest BCUT2D eigenvalue weighted by Gasteiger charge is 2.22. The fraction of sp³-hybridized carbons (Fsp3) is 0. The van der Waals surface area contributed by atoms with Gasteiger partial charge in [0.2, 0.25) is 0 Å². The molecule has 3 aromatic rings. The molecule has 3 heterocycles. The predicted molar refractivity (Wildman–Crippen MR) is 67.5 cm³/mol. The first-order valence-electron chi connectivity index (χ1n) is 5.23. The zero-order valence-electron chi connectivity index (χ0n) is 8.98. The second-order valence-corrected chi connectivity index (χ2v) is 5.44. The largest absolute Gasteiger partial charge is 0.464 e. The summed E-state index contributed by atoms with van der Waals surface area (Å²) in [6.07, 6.45) is 5.14. The lowest BCUT2D eigenvalue weighted by Gasteiger charge is -2.10. The molecule has 3 nitrogen and oxygen atoms in total. The molecule has 0 saturated heterocycles. The van der Waals surface area contributed by atoms with Gasteiger partial charge in [0, 0.05) is 6.20 Å². The Labute approximate surface area is 99.9 Å². The van der Waals surface area contributed by atoms with Gasteiger partial charge in [-0.25, -0.2) is 0 Å². The third-order valence-corrected chi connectivity index (χ3v) is 4.44. The van der Waals surface area contributed by atoms with Crippen LogP contribution in [0.15, 0.2) is 70.0 Å². The van der Waals surface area contributed by atoms with Crippen molar-refractivity contribution in [3.8, 4) is 0 Å². The van der Waals surface area contributed by atoms with Gasteiger partial charge in [-0.2, -0.15) is 0 Å². The highest BCUT2D eigenvalue weighted by Crippen LogP contribution is 2.31. The van der Waals surface area contributed by atoms with E-state index < -0.39 is 7.92 Å². The van der Waals surface area contributed by atoms with Gasteiger partial charge in [-0.15, -0.1) is 0 Å². The first-order chi connectivity index (χ1) is 8.45. The van der Waals surface area contributed by atoms with Crippen LogP contribution >= 0.6 is 7.92 Å². The third-order valence-electron chi connectivity index (χ3n) is 2.33.